The highest BCUT2D eigenvalue weighted by molar-refractivity contribution is 7.15. The van der Waals surface area contributed by atoms with Crippen LogP contribution in [-0.4, -0.2) is 26.3 Å². The van der Waals surface area contributed by atoms with Crippen molar-refractivity contribution in [2.45, 2.75) is 26.2 Å². The van der Waals surface area contributed by atoms with Crippen molar-refractivity contribution in [2.75, 3.05) is 5.32 Å². The van der Waals surface area contributed by atoms with Gasteiger partial charge in [-0.2, -0.15) is 5.10 Å². The molecule has 156 valence electrons. The van der Waals surface area contributed by atoms with Crippen LogP contribution in [0.4, 0.5) is 5.13 Å². The molecule has 0 saturated carbocycles. The third-order valence-electron chi connectivity index (χ3n) is 4.75. The molecule has 4 rings (SSSR count). The van der Waals surface area contributed by atoms with Gasteiger partial charge in [0.1, 0.15) is 10.6 Å². The predicted octanol–water partition coefficient (Wildman–Crippen LogP) is 4.55. The number of aryl methyl sites for hydroxylation is 1. The predicted molar refractivity (Wildman–Crippen MR) is 122 cm³/mol. The van der Waals surface area contributed by atoms with Gasteiger partial charge >= 0.3 is 0 Å². The first-order valence-electron chi connectivity index (χ1n) is 10.0. The topological polar surface area (TPSA) is 101 Å². The van der Waals surface area contributed by atoms with Crippen molar-refractivity contribution in [3.8, 4) is 22.4 Å². The molecule has 4 aromatic rings. The first-order chi connectivity index (χ1) is 15.2. The number of carbonyl (C=O) groups excluding carboxylic acids is 1. The molecule has 0 atom stereocenters. The number of amides is 1. The minimum absolute atomic E-state index is 0.00892. The molecule has 7 nitrogen and oxygen atoms in total. The molecule has 0 spiro atoms. The summed E-state index contributed by atoms with van der Waals surface area (Å²) in [7, 11) is 0. The summed E-state index contributed by atoms with van der Waals surface area (Å²) in [6.07, 6.45) is 2.87. The van der Waals surface area contributed by atoms with Crippen molar-refractivity contribution in [1.82, 2.24) is 20.4 Å². The lowest BCUT2D eigenvalue weighted by Crippen LogP contribution is -2.26. The SMILES string of the molecule is CCCCc1nnc(NC(=O)c2c(-c3ccccc3)c(-c3ccccc3)n[nH]c2=O)s1. The molecule has 0 aliphatic heterocycles. The van der Waals surface area contributed by atoms with E-state index < -0.39 is 11.5 Å². The van der Waals surface area contributed by atoms with E-state index in [2.05, 4.69) is 32.6 Å². The Kier molecular flexibility index (Phi) is 6.28. The highest BCUT2D eigenvalue weighted by Gasteiger charge is 2.23. The van der Waals surface area contributed by atoms with Crippen LogP contribution in [-0.2, 0) is 6.42 Å². The summed E-state index contributed by atoms with van der Waals surface area (Å²) in [5.41, 5.74) is 1.95. The van der Waals surface area contributed by atoms with Gasteiger partial charge in [0.25, 0.3) is 11.5 Å². The Labute approximate surface area is 183 Å². The van der Waals surface area contributed by atoms with Gasteiger partial charge in [-0.15, -0.1) is 10.2 Å². The third kappa shape index (κ3) is 4.59. The highest BCUT2D eigenvalue weighted by Crippen LogP contribution is 2.32. The molecule has 1 amide bonds. The number of hydrogen-bond acceptors (Lipinski definition) is 6. The van der Waals surface area contributed by atoms with Crippen LogP contribution in [0.25, 0.3) is 22.4 Å². The molecule has 0 saturated heterocycles. The Hall–Kier alpha value is -3.65. The molecule has 2 aromatic heterocycles. The van der Waals surface area contributed by atoms with Gasteiger partial charge in [-0.25, -0.2) is 5.10 Å². The summed E-state index contributed by atoms with van der Waals surface area (Å²) in [6, 6.07) is 18.8. The second-order valence-electron chi connectivity index (χ2n) is 6.94. The number of hydrogen-bond donors (Lipinski definition) is 2. The van der Waals surface area contributed by atoms with Crippen LogP contribution in [0.2, 0.25) is 0 Å². The minimum Gasteiger partial charge on any atom is -0.296 e. The molecule has 2 aromatic carbocycles. The average Bonchev–Trinajstić information content (AvgIpc) is 3.25. The first kappa shape index (κ1) is 20.6. The monoisotopic (exact) mass is 431 g/mol. The number of rotatable bonds is 7. The largest absolute Gasteiger partial charge is 0.296 e. The van der Waals surface area contributed by atoms with Gasteiger partial charge in [-0.1, -0.05) is 85.3 Å². The lowest BCUT2D eigenvalue weighted by Gasteiger charge is -2.13. The fourth-order valence-electron chi connectivity index (χ4n) is 3.25. The second kappa shape index (κ2) is 9.44. The van der Waals surface area contributed by atoms with Crippen LogP contribution in [0.1, 0.15) is 35.1 Å². The molecule has 0 aliphatic carbocycles. The number of aromatic amines is 1. The van der Waals surface area contributed by atoms with Crippen LogP contribution in [0, 0.1) is 0 Å². The van der Waals surface area contributed by atoms with Gasteiger partial charge in [-0.05, 0) is 12.0 Å². The molecule has 8 heteroatoms. The van der Waals surface area contributed by atoms with E-state index in [1.54, 1.807) is 0 Å². The van der Waals surface area contributed by atoms with E-state index in [9.17, 15) is 9.59 Å². The van der Waals surface area contributed by atoms with Crippen LogP contribution in [0.15, 0.2) is 65.5 Å². The van der Waals surface area contributed by atoms with Crippen molar-refractivity contribution in [2.24, 2.45) is 0 Å². The second-order valence-corrected chi connectivity index (χ2v) is 8.00. The molecule has 0 radical (unpaired) electrons. The Bertz CT molecular complexity index is 1240. The van der Waals surface area contributed by atoms with Gasteiger partial charge < -0.3 is 0 Å². The van der Waals surface area contributed by atoms with E-state index >= 15 is 0 Å². The number of unbranched alkanes of at least 4 members (excludes halogenated alkanes) is 1. The van der Waals surface area contributed by atoms with Crippen LogP contribution in [0.3, 0.4) is 0 Å². The van der Waals surface area contributed by atoms with Gasteiger partial charge in [-0.3, -0.25) is 14.9 Å². The molecular formula is C23H21N5O2S. The van der Waals surface area contributed by atoms with E-state index in [4.69, 9.17) is 0 Å². The Morgan fingerprint density at radius 1 is 1.00 bits per heavy atom. The summed E-state index contributed by atoms with van der Waals surface area (Å²) < 4.78 is 0. The summed E-state index contributed by atoms with van der Waals surface area (Å²) >= 11 is 1.32. The number of nitrogens with zero attached hydrogens (tertiary/aromatic N) is 3. The smallest absolute Gasteiger partial charge is 0.277 e. The fraction of sp³-hybridized carbons (Fsp3) is 0.174. The highest BCUT2D eigenvalue weighted by atomic mass is 32.1. The maximum absolute atomic E-state index is 13.2. The van der Waals surface area contributed by atoms with Crippen LogP contribution >= 0.6 is 11.3 Å². The molecule has 0 unspecified atom stereocenters. The van der Waals surface area contributed by atoms with Crippen molar-refractivity contribution in [1.29, 1.82) is 0 Å². The summed E-state index contributed by atoms with van der Waals surface area (Å²) in [6.45, 7) is 2.11. The Morgan fingerprint density at radius 2 is 1.68 bits per heavy atom. The standard InChI is InChI=1S/C23H21N5O2S/c1-2-3-14-17-25-28-23(31-17)24-21(29)19-18(15-10-6-4-7-11-15)20(26-27-22(19)30)16-12-8-5-9-13-16/h4-13H,2-3,14H2,1H3,(H,27,30)(H,24,28,29). The first-order valence-corrected chi connectivity index (χ1v) is 10.9. The van der Waals surface area contributed by atoms with Crippen molar-refractivity contribution >= 4 is 22.4 Å². The summed E-state index contributed by atoms with van der Waals surface area (Å²) in [5, 5.41) is 18.9. The number of benzene rings is 2. The van der Waals surface area contributed by atoms with Gasteiger partial charge in [0, 0.05) is 17.5 Å². The average molecular weight is 432 g/mol. The van der Waals surface area contributed by atoms with Crippen LogP contribution < -0.4 is 10.9 Å². The lowest BCUT2D eigenvalue weighted by molar-refractivity contribution is 0.102. The zero-order chi connectivity index (χ0) is 21.6. The molecule has 0 fully saturated rings. The van der Waals surface area contributed by atoms with E-state index in [0.29, 0.717) is 16.4 Å². The Morgan fingerprint density at radius 3 is 2.35 bits per heavy atom. The van der Waals surface area contributed by atoms with Gasteiger partial charge in [0.15, 0.2) is 0 Å². The van der Waals surface area contributed by atoms with Crippen LogP contribution in [0.5, 0.6) is 0 Å². The normalized spacial score (nSPS) is 10.7. The quantitative estimate of drug-likeness (QED) is 0.447. The maximum atomic E-state index is 13.2. The summed E-state index contributed by atoms with van der Waals surface area (Å²) in [4.78, 5) is 26.0. The number of nitrogens with one attached hydrogen (secondary N) is 2. The lowest BCUT2D eigenvalue weighted by atomic mass is 9.95. The number of carbonyl (C=O) groups is 1. The third-order valence-corrected chi connectivity index (χ3v) is 5.65. The zero-order valence-corrected chi connectivity index (χ0v) is 17.8. The minimum atomic E-state index is -0.563. The molecule has 31 heavy (non-hydrogen) atoms. The molecule has 2 N–H and O–H groups in total. The zero-order valence-electron chi connectivity index (χ0n) is 17.0. The van der Waals surface area contributed by atoms with E-state index in [1.165, 1.54) is 11.3 Å². The van der Waals surface area contributed by atoms with Crippen molar-refractivity contribution < 1.29 is 4.79 Å². The molecular weight excluding hydrogens is 410 g/mol. The summed E-state index contributed by atoms with van der Waals surface area (Å²) in [5.74, 6) is -0.544. The maximum Gasteiger partial charge on any atom is 0.277 e. The number of anilines is 1. The van der Waals surface area contributed by atoms with Crippen molar-refractivity contribution in [3.63, 3.8) is 0 Å². The van der Waals surface area contributed by atoms with Gasteiger partial charge in [0.2, 0.25) is 5.13 Å². The van der Waals surface area contributed by atoms with Crippen molar-refractivity contribution in [3.05, 3.63) is 81.6 Å². The van der Waals surface area contributed by atoms with E-state index in [0.717, 1.165) is 35.4 Å². The fourth-order valence-corrected chi connectivity index (χ4v) is 4.03. The number of H-pyrrole nitrogens is 1. The van der Waals surface area contributed by atoms with E-state index in [1.807, 2.05) is 60.7 Å². The van der Waals surface area contributed by atoms with Gasteiger partial charge in [0.05, 0.1) is 5.69 Å². The Balaban J connectivity index is 1.79. The van der Waals surface area contributed by atoms with E-state index in [-0.39, 0.29) is 5.56 Å². The molecule has 0 aliphatic rings. The molecule has 2 heterocycles. The number of aromatic nitrogens is 4. The molecule has 0 bridgehead atoms.